The monoisotopic (exact) mass is 273 g/mol. The molecular weight excluding hydrogens is 250 g/mol. The molecule has 0 aliphatic heterocycles. The average Bonchev–Trinajstić information content (AvgIpc) is 2.29. The van der Waals surface area contributed by atoms with Crippen molar-refractivity contribution < 1.29 is 14.7 Å². The average molecular weight is 273 g/mol. The molecule has 0 saturated carbocycles. The number of amides is 1. The highest BCUT2D eigenvalue weighted by Crippen LogP contribution is 2.03. The Morgan fingerprint density at radius 3 is 2.32 bits per heavy atom. The maximum Gasteiger partial charge on any atom is 0.326 e. The minimum atomic E-state index is -1.07. The van der Waals surface area contributed by atoms with Crippen molar-refractivity contribution in [1.29, 1.82) is 0 Å². The molecule has 0 unspecified atom stereocenters. The van der Waals surface area contributed by atoms with Gasteiger partial charge in [0, 0.05) is 6.54 Å². The first kappa shape index (κ1) is 17.2. The van der Waals surface area contributed by atoms with Crippen LogP contribution in [0.25, 0.3) is 0 Å². The van der Waals surface area contributed by atoms with Gasteiger partial charge in [0.2, 0.25) is 5.91 Å². The van der Waals surface area contributed by atoms with Crippen molar-refractivity contribution in [2.24, 2.45) is 28.1 Å². The fraction of sp³-hybridized carbons (Fsp3) is 0.727. The van der Waals surface area contributed by atoms with Crippen LogP contribution in [0.2, 0.25) is 0 Å². The molecule has 0 saturated heterocycles. The van der Waals surface area contributed by atoms with Crippen LogP contribution in [-0.4, -0.2) is 41.6 Å². The first-order valence-electron chi connectivity index (χ1n) is 6.09. The van der Waals surface area contributed by atoms with E-state index in [1.165, 1.54) is 0 Å². The molecule has 0 heterocycles. The highest BCUT2D eigenvalue weighted by molar-refractivity contribution is 5.86. The zero-order valence-corrected chi connectivity index (χ0v) is 11.3. The zero-order chi connectivity index (χ0) is 15.0. The van der Waals surface area contributed by atoms with Gasteiger partial charge in [-0.1, -0.05) is 13.8 Å². The topological polar surface area (TPSA) is 157 Å². The van der Waals surface area contributed by atoms with E-state index in [0.29, 0.717) is 19.4 Å². The van der Waals surface area contributed by atoms with E-state index in [2.05, 4.69) is 10.3 Å². The maximum atomic E-state index is 11.7. The number of carbonyl (C=O) groups is 2. The largest absolute Gasteiger partial charge is 0.480 e. The Bertz CT molecular complexity index is 339. The molecule has 0 spiro atoms. The lowest BCUT2D eigenvalue weighted by Gasteiger charge is -2.20. The molecular formula is C11H23N5O3. The molecule has 1 amide bonds. The van der Waals surface area contributed by atoms with Crippen molar-refractivity contribution in [1.82, 2.24) is 5.32 Å². The number of aliphatic carboxylic acids is 1. The van der Waals surface area contributed by atoms with Crippen LogP contribution in [0.1, 0.15) is 26.7 Å². The molecule has 8 heteroatoms. The van der Waals surface area contributed by atoms with Gasteiger partial charge in [0.1, 0.15) is 6.04 Å². The summed E-state index contributed by atoms with van der Waals surface area (Å²) < 4.78 is 0. The quantitative estimate of drug-likeness (QED) is 0.208. The number of hydrogen-bond donors (Lipinski definition) is 5. The summed E-state index contributed by atoms with van der Waals surface area (Å²) in [7, 11) is 0. The van der Waals surface area contributed by atoms with Crippen molar-refractivity contribution in [2.75, 3.05) is 6.54 Å². The Hall–Kier alpha value is -1.83. The van der Waals surface area contributed by atoms with Gasteiger partial charge in [-0.3, -0.25) is 9.79 Å². The SMILES string of the molecule is CC(C)[C@H](NC(=O)[C@@H](N)CCCN=C(N)N)C(=O)O. The lowest BCUT2D eigenvalue weighted by atomic mass is 10.0. The second-order valence-corrected chi connectivity index (χ2v) is 4.62. The lowest BCUT2D eigenvalue weighted by molar-refractivity contribution is -0.143. The second-order valence-electron chi connectivity index (χ2n) is 4.62. The van der Waals surface area contributed by atoms with Gasteiger partial charge in [-0.2, -0.15) is 0 Å². The van der Waals surface area contributed by atoms with Gasteiger partial charge in [-0.25, -0.2) is 4.79 Å². The lowest BCUT2D eigenvalue weighted by Crippen LogP contribution is -2.50. The summed E-state index contributed by atoms with van der Waals surface area (Å²) in [6.07, 6.45) is 0.930. The van der Waals surface area contributed by atoms with Crippen molar-refractivity contribution in [3.63, 3.8) is 0 Å². The van der Waals surface area contributed by atoms with Crippen LogP contribution >= 0.6 is 0 Å². The normalized spacial score (nSPS) is 13.7. The van der Waals surface area contributed by atoms with Gasteiger partial charge in [-0.05, 0) is 18.8 Å². The van der Waals surface area contributed by atoms with Crippen LogP contribution in [0.15, 0.2) is 4.99 Å². The molecule has 0 aromatic rings. The molecule has 8 N–H and O–H groups in total. The number of guanidine groups is 1. The molecule has 0 aliphatic carbocycles. The van der Waals surface area contributed by atoms with Crippen LogP contribution in [0, 0.1) is 5.92 Å². The molecule has 0 rings (SSSR count). The van der Waals surface area contributed by atoms with E-state index in [-0.39, 0.29) is 11.9 Å². The predicted molar refractivity (Wildman–Crippen MR) is 72.3 cm³/mol. The number of aliphatic imine (C=N–C) groups is 1. The number of nitrogens with two attached hydrogens (primary N) is 3. The summed E-state index contributed by atoms with van der Waals surface area (Å²) in [6, 6.07) is -1.70. The third-order valence-electron chi connectivity index (χ3n) is 2.53. The van der Waals surface area contributed by atoms with Crippen molar-refractivity contribution in [2.45, 2.75) is 38.8 Å². The molecule has 2 atom stereocenters. The van der Waals surface area contributed by atoms with Crippen LogP contribution in [0.5, 0.6) is 0 Å². The molecule has 0 aromatic heterocycles. The molecule has 0 aromatic carbocycles. The number of rotatable bonds is 8. The van der Waals surface area contributed by atoms with E-state index in [1.807, 2.05) is 0 Å². The third kappa shape index (κ3) is 7.24. The first-order chi connectivity index (χ1) is 8.75. The minimum absolute atomic E-state index is 0.0104. The Kier molecular flexibility index (Phi) is 7.50. The van der Waals surface area contributed by atoms with Crippen LogP contribution < -0.4 is 22.5 Å². The summed E-state index contributed by atoms with van der Waals surface area (Å²) in [5.41, 5.74) is 16.0. The van der Waals surface area contributed by atoms with Crippen molar-refractivity contribution in [3.05, 3.63) is 0 Å². The maximum absolute atomic E-state index is 11.7. The van der Waals surface area contributed by atoms with Crippen molar-refractivity contribution >= 4 is 17.8 Å². The summed E-state index contributed by atoms with van der Waals surface area (Å²) in [5.74, 6) is -1.78. The summed E-state index contributed by atoms with van der Waals surface area (Å²) in [4.78, 5) is 26.4. The van der Waals surface area contributed by atoms with Crippen LogP contribution in [-0.2, 0) is 9.59 Å². The number of nitrogens with zero attached hydrogens (tertiary/aromatic N) is 1. The Morgan fingerprint density at radius 2 is 1.89 bits per heavy atom. The second kappa shape index (κ2) is 8.30. The van der Waals surface area contributed by atoms with Gasteiger partial charge in [0.05, 0.1) is 6.04 Å². The first-order valence-corrected chi connectivity index (χ1v) is 6.09. The fourth-order valence-corrected chi connectivity index (χ4v) is 1.42. The molecule has 0 radical (unpaired) electrons. The van der Waals surface area contributed by atoms with Gasteiger partial charge < -0.3 is 27.6 Å². The van der Waals surface area contributed by atoms with E-state index in [1.54, 1.807) is 13.8 Å². The Balaban J connectivity index is 4.18. The molecule has 19 heavy (non-hydrogen) atoms. The minimum Gasteiger partial charge on any atom is -0.480 e. The van der Waals surface area contributed by atoms with Gasteiger partial charge >= 0.3 is 5.97 Å². The molecule has 110 valence electrons. The smallest absolute Gasteiger partial charge is 0.326 e. The number of carbonyl (C=O) groups excluding carboxylic acids is 1. The van der Waals surface area contributed by atoms with E-state index in [4.69, 9.17) is 22.3 Å². The molecule has 0 fully saturated rings. The standard InChI is InChI=1S/C11H23N5O3/c1-6(2)8(10(18)19)16-9(17)7(12)4-3-5-15-11(13)14/h6-8H,3-5,12H2,1-2H3,(H,16,17)(H,18,19)(H4,13,14,15)/t7-,8-/m0/s1. The summed E-state index contributed by atoms with van der Waals surface area (Å²) in [6.45, 7) is 3.81. The van der Waals surface area contributed by atoms with E-state index in [0.717, 1.165) is 0 Å². The van der Waals surface area contributed by atoms with E-state index in [9.17, 15) is 9.59 Å². The third-order valence-corrected chi connectivity index (χ3v) is 2.53. The zero-order valence-electron chi connectivity index (χ0n) is 11.3. The predicted octanol–water partition coefficient (Wildman–Crippen LogP) is -1.41. The van der Waals surface area contributed by atoms with Gasteiger partial charge in [-0.15, -0.1) is 0 Å². The highest BCUT2D eigenvalue weighted by atomic mass is 16.4. The number of carboxylic acids is 1. The Morgan fingerprint density at radius 1 is 1.32 bits per heavy atom. The molecule has 0 aliphatic rings. The number of hydrogen-bond acceptors (Lipinski definition) is 4. The fourth-order valence-electron chi connectivity index (χ4n) is 1.42. The number of nitrogens with one attached hydrogen (secondary N) is 1. The molecule has 8 nitrogen and oxygen atoms in total. The molecule has 0 bridgehead atoms. The van der Waals surface area contributed by atoms with E-state index < -0.39 is 24.0 Å². The van der Waals surface area contributed by atoms with Crippen LogP contribution in [0.4, 0.5) is 0 Å². The van der Waals surface area contributed by atoms with Crippen molar-refractivity contribution in [3.8, 4) is 0 Å². The summed E-state index contributed by atoms with van der Waals surface area (Å²) >= 11 is 0. The Labute approximate surface area is 112 Å². The van der Waals surface area contributed by atoms with E-state index >= 15 is 0 Å². The highest BCUT2D eigenvalue weighted by Gasteiger charge is 2.25. The van der Waals surface area contributed by atoms with Crippen LogP contribution in [0.3, 0.4) is 0 Å². The summed E-state index contributed by atoms with van der Waals surface area (Å²) in [5, 5.41) is 11.4. The number of carboxylic acid groups (broad SMARTS) is 1. The van der Waals surface area contributed by atoms with Gasteiger partial charge in [0.25, 0.3) is 0 Å². The van der Waals surface area contributed by atoms with Gasteiger partial charge in [0.15, 0.2) is 5.96 Å².